The van der Waals surface area contributed by atoms with Gasteiger partial charge in [0.25, 0.3) is 0 Å². The Kier molecular flexibility index (Phi) is 2.40. The number of hydrogen-bond donors (Lipinski definition) is 1. The van der Waals surface area contributed by atoms with Crippen molar-refractivity contribution < 1.29 is 15.3 Å². The second-order valence-electron chi connectivity index (χ2n) is 4.39. The molecule has 0 aromatic heterocycles. The highest BCUT2D eigenvalue weighted by molar-refractivity contribution is 5.46. The van der Waals surface area contributed by atoms with Crippen molar-refractivity contribution in [3.8, 4) is 11.8 Å². The van der Waals surface area contributed by atoms with Crippen LogP contribution in [0, 0.1) is 11.3 Å². The van der Waals surface area contributed by atoms with Gasteiger partial charge in [-0.1, -0.05) is 26.8 Å². The average molecular weight is 223 g/mol. The Hall–Kier alpha value is -1.53. The number of ether oxygens (including phenoxy) is 1. The Morgan fingerprint density at radius 1 is 1.50 bits per heavy atom. The zero-order valence-corrected chi connectivity index (χ0v) is 9.53. The van der Waals surface area contributed by atoms with Crippen LogP contribution in [-0.4, -0.2) is 18.2 Å². The van der Waals surface area contributed by atoms with Crippen LogP contribution in [0.5, 0.6) is 5.75 Å². The molecule has 1 aromatic carbocycles. The molecule has 0 saturated heterocycles. The lowest BCUT2D eigenvalue weighted by Crippen LogP contribution is -2.11. The van der Waals surface area contributed by atoms with Gasteiger partial charge in [-0.2, -0.15) is 5.26 Å². The molecule has 0 unspecified atom stereocenters. The van der Waals surface area contributed by atoms with Crippen LogP contribution in [0.2, 0.25) is 0 Å². The van der Waals surface area contributed by atoms with Crippen LogP contribution >= 0.6 is 0 Å². The Balaban J connectivity index is 3.20. The van der Waals surface area contributed by atoms with E-state index >= 15 is 0 Å². The summed E-state index contributed by atoms with van der Waals surface area (Å²) in [5.41, 5.74) is 0.772. The standard InChI is InChI=1S/C13H17NO2/c1-13(2,3)11-4-5-12(16-7-6-15)10(8-11)9-14/h4-5,8,15H,6-7H2,1-3H3/i6D2,7D2. The molecule has 0 fully saturated rings. The summed E-state index contributed by atoms with van der Waals surface area (Å²) in [7, 11) is 0. The van der Waals surface area contributed by atoms with Crippen LogP contribution in [0.25, 0.3) is 0 Å². The van der Waals surface area contributed by atoms with Gasteiger partial charge in [-0.05, 0) is 23.1 Å². The highest BCUT2D eigenvalue weighted by Crippen LogP contribution is 2.27. The Morgan fingerprint density at radius 2 is 2.19 bits per heavy atom. The molecule has 0 heterocycles. The highest BCUT2D eigenvalue weighted by atomic mass is 16.5. The number of rotatable bonds is 3. The lowest BCUT2D eigenvalue weighted by molar-refractivity contribution is 0.201. The molecule has 1 N–H and O–H groups in total. The molecule has 0 atom stereocenters. The molecule has 0 spiro atoms. The molecular formula is C13H17NO2. The molecule has 1 aromatic rings. The van der Waals surface area contributed by atoms with E-state index in [9.17, 15) is 0 Å². The molecule has 16 heavy (non-hydrogen) atoms. The first-order chi connectivity index (χ1) is 8.88. The van der Waals surface area contributed by atoms with Crippen LogP contribution in [0.3, 0.4) is 0 Å². The summed E-state index contributed by atoms with van der Waals surface area (Å²) in [6.07, 6.45) is 0. The largest absolute Gasteiger partial charge is 0.490 e. The van der Waals surface area contributed by atoms with E-state index in [4.69, 9.17) is 20.6 Å². The van der Waals surface area contributed by atoms with Crippen molar-refractivity contribution in [2.45, 2.75) is 26.2 Å². The second kappa shape index (κ2) is 5.00. The smallest absolute Gasteiger partial charge is 0.137 e. The van der Waals surface area contributed by atoms with E-state index in [0.717, 1.165) is 5.56 Å². The summed E-state index contributed by atoms with van der Waals surface area (Å²) in [6.45, 7) is -0.231. The number of nitriles is 1. The Morgan fingerprint density at radius 3 is 2.69 bits per heavy atom. The van der Waals surface area contributed by atoms with E-state index in [1.165, 1.54) is 6.07 Å². The first kappa shape index (κ1) is 7.70. The molecule has 0 aliphatic rings. The van der Waals surface area contributed by atoms with Gasteiger partial charge < -0.3 is 9.84 Å². The third kappa shape index (κ3) is 2.98. The first-order valence-electron chi connectivity index (χ1n) is 6.84. The normalized spacial score (nSPS) is 16.4. The van der Waals surface area contributed by atoms with Gasteiger partial charge in [0.15, 0.2) is 0 Å². The molecule has 0 amide bonds. The van der Waals surface area contributed by atoms with Gasteiger partial charge in [0.2, 0.25) is 0 Å². The van der Waals surface area contributed by atoms with Crippen LogP contribution in [-0.2, 0) is 5.41 Å². The molecule has 0 aliphatic carbocycles. The predicted molar refractivity (Wildman–Crippen MR) is 62.4 cm³/mol. The molecule has 3 heteroatoms. The van der Waals surface area contributed by atoms with E-state index in [2.05, 4.69) is 0 Å². The Labute approximate surface area is 102 Å². The molecule has 1 rings (SSSR count). The van der Waals surface area contributed by atoms with Crippen LogP contribution < -0.4 is 4.74 Å². The minimum absolute atomic E-state index is 0.0885. The molecule has 86 valence electrons. The van der Waals surface area contributed by atoms with Crippen molar-refractivity contribution in [2.24, 2.45) is 0 Å². The summed E-state index contributed by atoms with van der Waals surface area (Å²) < 4.78 is 33.6. The minimum Gasteiger partial charge on any atom is -0.490 e. The lowest BCUT2D eigenvalue weighted by atomic mass is 9.86. The predicted octanol–water partition coefficient (Wildman–Crippen LogP) is 2.23. The number of benzene rings is 1. The van der Waals surface area contributed by atoms with Gasteiger partial charge in [-0.25, -0.2) is 0 Å². The van der Waals surface area contributed by atoms with Crippen LogP contribution in [0.15, 0.2) is 18.2 Å². The summed E-state index contributed by atoms with van der Waals surface area (Å²) in [5, 5.41) is 18.2. The third-order valence-electron chi connectivity index (χ3n) is 2.17. The van der Waals surface area contributed by atoms with Crippen molar-refractivity contribution in [3.05, 3.63) is 29.3 Å². The molecule has 0 radical (unpaired) electrons. The van der Waals surface area contributed by atoms with Gasteiger partial charge in [-0.15, -0.1) is 0 Å². The van der Waals surface area contributed by atoms with E-state index < -0.39 is 13.1 Å². The van der Waals surface area contributed by atoms with E-state index in [1.807, 2.05) is 26.8 Å². The summed E-state index contributed by atoms with van der Waals surface area (Å²) in [4.78, 5) is 0. The van der Waals surface area contributed by atoms with Gasteiger partial charge in [0.1, 0.15) is 18.4 Å². The van der Waals surface area contributed by atoms with E-state index in [1.54, 1.807) is 12.1 Å². The average Bonchev–Trinajstić information content (AvgIpc) is 2.26. The minimum atomic E-state index is -3.18. The van der Waals surface area contributed by atoms with Crippen LogP contribution in [0.1, 0.15) is 37.4 Å². The van der Waals surface area contributed by atoms with Crippen molar-refractivity contribution in [1.82, 2.24) is 0 Å². The number of hydrogen-bond acceptors (Lipinski definition) is 3. The molecule has 0 bridgehead atoms. The Bertz CT molecular complexity index is 539. The van der Waals surface area contributed by atoms with Gasteiger partial charge in [0.05, 0.1) is 17.6 Å². The molecule has 0 saturated carbocycles. The maximum Gasteiger partial charge on any atom is 0.137 e. The van der Waals surface area contributed by atoms with Crippen molar-refractivity contribution >= 4 is 0 Å². The summed E-state index contributed by atoms with van der Waals surface area (Å²) in [5.74, 6) is -0.108. The fourth-order valence-electron chi connectivity index (χ4n) is 1.25. The summed E-state index contributed by atoms with van der Waals surface area (Å²) in [6, 6.07) is 6.54. The fourth-order valence-corrected chi connectivity index (χ4v) is 1.25. The van der Waals surface area contributed by atoms with Crippen LogP contribution in [0.4, 0.5) is 0 Å². The SMILES string of the molecule is [2H]C([2H])(O)C([2H])([2H])Oc1ccc(C(C)(C)C)cc1C#N. The van der Waals surface area contributed by atoms with Gasteiger partial charge in [0, 0.05) is 0 Å². The van der Waals surface area contributed by atoms with Crippen molar-refractivity contribution in [2.75, 3.05) is 13.1 Å². The second-order valence-corrected chi connectivity index (χ2v) is 4.39. The number of aliphatic hydroxyl groups is 1. The third-order valence-corrected chi connectivity index (χ3v) is 2.17. The topological polar surface area (TPSA) is 53.2 Å². The molecule has 3 nitrogen and oxygen atoms in total. The summed E-state index contributed by atoms with van der Waals surface area (Å²) >= 11 is 0. The quantitative estimate of drug-likeness (QED) is 0.855. The van der Waals surface area contributed by atoms with E-state index in [-0.39, 0.29) is 16.7 Å². The van der Waals surface area contributed by atoms with E-state index in [0.29, 0.717) is 0 Å². The monoisotopic (exact) mass is 223 g/mol. The molecule has 0 aliphatic heterocycles. The van der Waals surface area contributed by atoms with Crippen molar-refractivity contribution in [3.63, 3.8) is 0 Å². The zero-order valence-electron chi connectivity index (χ0n) is 13.5. The molecular weight excluding hydrogens is 202 g/mol. The van der Waals surface area contributed by atoms with Gasteiger partial charge >= 0.3 is 0 Å². The maximum absolute atomic E-state index is 9.10. The first-order valence-corrected chi connectivity index (χ1v) is 4.84. The maximum atomic E-state index is 9.10. The zero-order chi connectivity index (χ0) is 15.8. The van der Waals surface area contributed by atoms with Crippen molar-refractivity contribution in [1.29, 1.82) is 5.26 Å². The number of nitrogens with zero attached hydrogens (tertiary/aromatic N) is 1. The van der Waals surface area contributed by atoms with Gasteiger partial charge in [-0.3, -0.25) is 0 Å². The fraction of sp³-hybridized carbons (Fsp3) is 0.462. The highest BCUT2D eigenvalue weighted by Gasteiger charge is 2.15. The lowest BCUT2D eigenvalue weighted by Gasteiger charge is -2.20.